The molecule has 27 heavy (non-hydrogen) atoms. The summed E-state index contributed by atoms with van der Waals surface area (Å²) in [5.74, 6) is 0.900. The van der Waals surface area contributed by atoms with Gasteiger partial charge in [0.2, 0.25) is 5.91 Å². The highest BCUT2D eigenvalue weighted by atomic mass is 79.9. The second-order valence-corrected chi connectivity index (χ2v) is 7.98. The molecule has 1 aromatic heterocycles. The maximum Gasteiger partial charge on any atom is 0.234 e. The molecule has 3 rings (SSSR count). The first-order valence-corrected chi connectivity index (χ1v) is 10.5. The van der Waals surface area contributed by atoms with Gasteiger partial charge in [-0.05, 0) is 37.6 Å². The van der Waals surface area contributed by atoms with Crippen LogP contribution in [-0.4, -0.2) is 26.4 Å². The fourth-order valence-corrected chi connectivity index (χ4v) is 4.02. The molecule has 0 atom stereocenters. The van der Waals surface area contributed by atoms with Crippen molar-refractivity contribution in [2.75, 3.05) is 11.1 Å². The molecule has 0 fully saturated rings. The number of nitrogens with one attached hydrogen (secondary N) is 1. The average molecular weight is 466 g/mol. The molecule has 1 amide bonds. The topological polar surface area (TPSA) is 59.8 Å². The van der Waals surface area contributed by atoms with Crippen molar-refractivity contribution >= 4 is 50.9 Å². The van der Waals surface area contributed by atoms with Crippen LogP contribution in [0.3, 0.4) is 0 Å². The zero-order chi connectivity index (χ0) is 19.4. The Morgan fingerprint density at radius 3 is 2.74 bits per heavy atom. The average Bonchev–Trinajstić information content (AvgIpc) is 3.07. The number of hydrogen-bond acceptors (Lipinski definition) is 4. The summed E-state index contributed by atoms with van der Waals surface area (Å²) in [6.45, 7) is 4.62. The minimum Gasteiger partial charge on any atom is -0.325 e. The van der Waals surface area contributed by atoms with Gasteiger partial charge in [-0.1, -0.05) is 63.6 Å². The van der Waals surface area contributed by atoms with Gasteiger partial charge in [0, 0.05) is 27.3 Å². The molecule has 3 aromatic rings. The lowest BCUT2D eigenvalue weighted by molar-refractivity contribution is -0.113. The molecule has 0 aliphatic carbocycles. The summed E-state index contributed by atoms with van der Waals surface area (Å²) >= 11 is 11.0. The maximum absolute atomic E-state index is 12.3. The number of aromatic nitrogens is 3. The van der Waals surface area contributed by atoms with Crippen LogP contribution >= 0.6 is 39.3 Å². The van der Waals surface area contributed by atoms with Crippen LogP contribution in [0, 0.1) is 6.92 Å². The highest BCUT2D eigenvalue weighted by Crippen LogP contribution is 2.29. The number of thioether (sulfide) groups is 1. The van der Waals surface area contributed by atoms with Crippen molar-refractivity contribution in [2.45, 2.75) is 25.5 Å². The van der Waals surface area contributed by atoms with Crippen LogP contribution in [0.1, 0.15) is 12.5 Å². The summed E-state index contributed by atoms with van der Waals surface area (Å²) in [7, 11) is 0. The van der Waals surface area contributed by atoms with Gasteiger partial charge in [0.15, 0.2) is 11.0 Å². The van der Waals surface area contributed by atoms with Crippen molar-refractivity contribution in [2.24, 2.45) is 0 Å². The molecule has 8 heteroatoms. The molecule has 0 radical (unpaired) electrons. The Balaban J connectivity index is 1.72. The number of anilines is 1. The number of nitrogens with zero attached hydrogens (tertiary/aromatic N) is 3. The number of amides is 1. The maximum atomic E-state index is 12.3. The first-order valence-electron chi connectivity index (χ1n) is 8.37. The van der Waals surface area contributed by atoms with Crippen molar-refractivity contribution < 1.29 is 4.79 Å². The van der Waals surface area contributed by atoms with Gasteiger partial charge < -0.3 is 9.88 Å². The van der Waals surface area contributed by atoms with Crippen LogP contribution in [0.25, 0.3) is 11.4 Å². The minimum absolute atomic E-state index is 0.113. The normalized spacial score (nSPS) is 10.8. The number of halogens is 2. The Morgan fingerprint density at radius 1 is 1.22 bits per heavy atom. The summed E-state index contributed by atoms with van der Waals surface area (Å²) in [5.41, 5.74) is 2.54. The van der Waals surface area contributed by atoms with Crippen LogP contribution < -0.4 is 5.32 Å². The van der Waals surface area contributed by atoms with Crippen molar-refractivity contribution in [1.82, 2.24) is 14.8 Å². The Morgan fingerprint density at radius 2 is 2.00 bits per heavy atom. The summed E-state index contributed by atoms with van der Waals surface area (Å²) in [6, 6.07) is 13.3. The highest BCUT2D eigenvalue weighted by Gasteiger charge is 2.16. The highest BCUT2D eigenvalue weighted by molar-refractivity contribution is 9.10. The zero-order valence-electron chi connectivity index (χ0n) is 14.9. The van der Waals surface area contributed by atoms with Crippen molar-refractivity contribution in [3.8, 4) is 11.4 Å². The van der Waals surface area contributed by atoms with E-state index in [4.69, 9.17) is 11.6 Å². The summed E-state index contributed by atoms with van der Waals surface area (Å²) in [6.07, 6.45) is 0. The molecule has 0 aliphatic rings. The molecule has 0 aliphatic heterocycles. The summed E-state index contributed by atoms with van der Waals surface area (Å²) in [4.78, 5) is 12.3. The van der Waals surface area contributed by atoms with E-state index in [-0.39, 0.29) is 11.7 Å². The van der Waals surface area contributed by atoms with Crippen LogP contribution in [0.15, 0.2) is 52.1 Å². The van der Waals surface area contributed by atoms with Gasteiger partial charge in [0.1, 0.15) is 0 Å². The first-order chi connectivity index (χ1) is 13.0. The fourth-order valence-electron chi connectivity index (χ4n) is 2.58. The van der Waals surface area contributed by atoms with E-state index in [2.05, 4.69) is 31.4 Å². The van der Waals surface area contributed by atoms with E-state index in [1.54, 1.807) is 6.07 Å². The first kappa shape index (κ1) is 19.9. The van der Waals surface area contributed by atoms with Crippen molar-refractivity contribution in [1.29, 1.82) is 0 Å². The third kappa shape index (κ3) is 4.54. The SMILES string of the molecule is CCn1c(SCC(=O)Nc2cccc(Cl)c2C)nnc1-c1ccccc1Br. The molecular weight excluding hydrogens is 448 g/mol. The molecule has 0 saturated heterocycles. The van der Waals surface area contributed by atoms with Crippen molar-refractivity contribution in [3.05, 3.63) is 57.5 Å². The smallest absolute Gasteiger partial charge is 0.234 e. The number of rotatable bonds is 6. The van der Waals surface area contributed by atoms with E-state index in [9.17, 15) is 4.79 Å². The Labute approximate surface area is 175 Å². The molecule has 0 bridgehead atoms. The largest absolute Gasteiger partial charge is 0.325 e. The van der Waals surface area contributed by atoms with E-state index >= 15 is 0 Å². The van der Waals surface area contributed by atoms with Gasteiger partial charge in [-0.2, -0.15) is 0 Å². The van der Waals surface area contributed by atoms with Gasteiger partial charge in [0.05, 0.1) is 5.75 Å². The van der Waals surface area contributed by atoms with Gasteiger partial charge in [0.25, 0.3) is 0 Å². The van der Waals surface area contributed by atoms with Crippen LogP contribution in [0.5, 0.6) is 0 Å². The Hall–Kier alpha value is -1.83. The van der Waals surface area contributed by atoms with E-state index < -0.39 is 0 Å². The van der Waals surface area contributed by atoms with Crippen LogP contribution in [-0.2, 0) is 11.3 Å². The molecule has 1 heterocycles. The third-order valence-corrected chi connectivity index (χ3v) is 6.09. The van der Waals surface area contributed by atoms with Crippen molar-refractivity contribution in [3.63, 3.8) is 0 Å². The lowest BCUT2D eigenvalue weighted by Gasteiger charge is -2.10. The molecular formula is C19H18BrClN4OS. The zero-order valence-corrected chi connectivity index (χ0v) is 18.0. The number of carbonyl (C=O) groups is 1. The lowest BCUT2D eigenvalue weighted by Crippen LogP contribution is -2.15. The molecule has 2 aromatic carbocycles. The summed E-state index contributed by atoms with van der Waals surface area (Å²) < 4.78 is 2.96. The number of benzene rings is 2. The minimum atomic E-state index is -0.113. The molecule has 140 valence electrons. The van der Waals surface area contributed by atoms with E-state index in [1.807, 2.05) is 54.8 Å². The standard InChI is InChI=1S/C19H18BrClN4OS/c1-3-25-18(13-7-4-5-8-14(13)20)23-24-19(25)27-11-17(26)22-16-10-6-9-15(21)12(16)2/h4-10H,3,11H2,1-2H3,(H,22,26). The monoisotopic (exact) mass is 464 g/mol. The fraction of sp³-hybridized carbons (Fsp3) is 0.211. The molecule has 0 unspecified atom stereocenters. The third-order valence-electron chi connectivity index (χ3n) is 4.02. The quantitative estimate of drug-likeness (QED) is 0.494. The molecule has 5 nitrogen and oxygen atoms in total. The summed E-state index contributed by atoms with van der Waals surface area (Å²) in [5, 5.41) is 12.8. The second-order valence-electron chi connectivity index (χ2n) is 5.78. The Bertz CT molecular complexity index is 976. The predicted molar refractivity (Wildman–Crippen MR) is 114 cm³/mol. The number of hydrogen-bond donors (Lipinski definition) is 1. The molecule has 0 spiro atoms. The van der Waals surface area contributed by atoms with Crippen LogP contribution in [0.4, 0.5) is 5.69 Å². The Kier molecular flexibility index (Phi) is 6.57. The van der Waals surface area contributed by atoms with Gasteiger partial charge in [-0.25, -0.2) is 0 Å². The molecule has 0 saturated carbocycles. The predicted octanol–water partition coefficient (Wildman–Crippen LogP) is 5.42. The van der Waals surface area contributed by atoms with Crippen LogP contribution in [0.2, 0.25) is 5.02 Å². The van der Waals surface area contributed by atoms with E-state index in [0.29, 0.717) is 16.7 Å². The van der Waals surface area contributed by atoms with E-state index in [1.165, 1.54) is 11.8 Å². The van der Waals surface area contributed by atoms with Gasteiger partial charge in [-0.3, -0.25) is 4.79 Å². The second kappa shape index (κ2) is 8.91. The van der Waals surface area contributed by atoms with Gasteiger partial charge >= 0.3 is 0 Å². The lowest BCUT2D eigenvalue weighted by atomic mass is 10.2. The van der Waals surface area contributed by atoms with Gasteiger partial charge in [-0.15, -0.1) is 10.2 Å². The number of carbonyl (C=O) groups excluding carboxylic acids is 1. The molecule has 1 N–H and O–H groups in total. The van der Waals surface area contributed by atoms with E-state index in [0.717, 1.165) is 27.1 Å².